The van der Waals surface area contributed by atoms with E-state index in [-0.39, 0.29) is 11.8 Å². The van der Waals surface area contributed by atoms with E-state index in [9.17, 15) is 9.59 Å². The molecule has 0 radical (unpaired) electrons. The maximum Gasteiger partial charge on any atom is 0.323 e. The number of carbonyl (C=O) groups is 2. The van der Waals surface area contributed by atoms with Crippen molar-refractivity contribution in [2.75, 3.05) is 14.2 Å². The van der Waals surface area contributed by atoms with Crippen LogP contribution in [-0.4, -0.2) is 26.2 Å². The molecule has 4 heteroatoms. The van der Waals surface area contributed by atoms with Crippen LogP contribution in [0.1, 0.15) is 13.8 Å². The zero-order valence-electron chi connectivity index (χ0n) is 8.29. The Labute approximate surface area is 77.2 Å². The molecular weight excluding hydrogens is 172 g/mol. The van der Waals surface area contributed by atoms with Crippen molar-refractivity contribution in [3.63, 3.8) is 0 Å². The predicted octanol–water partition coefficient (Wildman–Crippen LogP) is 0.605. The lowest BCUT2D eigenvalue weighted by Crippen LogP contribution is -2.31. The molecule has 4 nitrogen and oxygen atoms in total. The van der Waals surface area contributed by atoms with Crippen LogP contribution in [0.15, 0.2) is 0 Å². The summed E-state index contributed by atoms with van der Waals surface area (Å²) in [6, 6.07) is 0. The van der Waals surface area contributed by atoms with Gasteiger partial charge >= 0.3 is 11.9 Å². The van der Waals surface area contributed by atoms with Crippen LogP contribution in [0.3, 0.4) is 0 Å². The van der Waals surface area contributed by atoms with Crippen LogP contribution in [0, 0.1) is 17.3 Å². The van der Waals surface area contributed by atoms with E-state index in [0.717, 1.165) is 0 Å². The van der Waals surface area contributed by atoms with Crippen molar-refractivity contribution < 1.29 is 19.1 Å². The molecule has 1 saturated carbocycles. The van der Waals surface area contributed by atoms with E-state index < -0.39 is 17.4 Å². The molecule has 2 atom stereocenters. The van der Waals surface area contributed by atoms with Gasteiger partial charge in [-0.15, -0.1) is 0 Å². The third kappa shape index (κ3) is 1.04. The molecule has 1 aliphatic carbocycles. The summed E-state index contributed by atoms with van der Waals surface area (Å²) in [7, 11) is 2.57. The number of carbonyl (C=O) groups excluding carboxylic acids is 2. The van der Waals surface area contributed by atoms with Crippen LogP contribution in [-0.2, 0) is 19.1 Å². The molecule has 0 saturated heterocycles. The molecule has 0 aromatic carbocycles. The molecular formula is C9H14O4. The Bertz CT molecular complexity index is 220. The predicted molar refractivity (Wildman–Crippen MR) is 44.8 cm³/mol. The third-order valence-electron chi connectivity index (χ3n) is 3.12. The van der Waals surface area contributed by atoms with E-state index >= 15 is 0 Å². The topological polar surface area (TPSA) is 52.6 Å². The summed E-state index contributed by atoms with van der Waals surface area (Å²) in [6.45, 7) is 3.69. The Kier molecular flexibility index (Phi) is 2.32. The molecule has 0 spiro atoms. The van der Waals surface area contributed by atoms with Gasteiger partial charge in [0.05, 0.1) is 14.2 Å². The van der Waals surface area contributed by atoms with E-state index in [2.05, 4.69) is 9.47 Å². The summed E-state index contributed by atoms with van der Waals surface area (Å²) in [4.78, 5) is 22.8. The molecule has 0 heterocycles. The van der Waals surface area contributed by atoms with E-state index in [0.29, 0.717) is 0 Å². The minimum absolute atomic E-state index is 0.00685. The van der Waals surface area contributed by atoms with Crippen LogP contribution in [0.2, 0.25) is 0 Å². The summed E-state index contributed by atoms with van der Waals surface area (Å²) in [5.74, 6) is -0.960. The van der Waals surface area contributed by atoms with E-state index in [4.69, 9.17) is 0 Å². The van der Waals surface area contributed by atoms with Crippen molar-refractivity contribution in [3.05, 3.63) is 0 Å². The Morgan fingerprint density at radius 3 is 1.46 bits per heavy atom. The van der Waals surface area contributed by atoms with Gasteiger partial charge in [-0.2, -0.15) is 0 Å². The third-order valence-corrected chi connectivity index (χ3v) is 3.12. The van der Waals surface area contributed by atoms with Crippen LogP contribution >= 0.6 is 0 Å². The Balaban J connectivity index is 2.93. The van der Waals surface area contributed by atoms with Gasteiger partial charge in [0, 0.05) is 0 Å². The summed E-state index contributed by atoms with van der Waals surface area (Å²) < 4.78 is 9.20. The average Bonchev–Trinajstić information content (AvgIpc) is 2.69. The van der Waals surface area contributed by atoms with Gasteiger partial charge in [0.25, 0.3) is 0 Å². The van der Waals surface area contributed by atoms with Gasteiger partial charge in [0.2, 0.25) is 0 Å². The van der Waals surface area contributed by atoms with Gasteiger partial charge in [-0.1, -0.05) is 13.8 Å². The van der Waals surface area contributed by atoms with Gasteiger partial charge in [-0.25, -0.2) is 0 Å². The molecule has 0 bridgehead atoms. The van der Waals surface area contributed by atoms with E-state index in [1.165, 1.54) is 14.2 Å². The standard InChI is InChI=1S/C9H14O4/c1-5-6(2)9(5,7(10)12-3)8(11)13-4/h5-6H,1-4H3/t5-,6+. The van der Waals surface area contributed by atoms with Crippen molar-refractivity contribution in [2.45, 2.75) is 13.8 Å². The minimum atomic E-state index is -1.04. The highest BCUT2D eigenvalue weighted by molar-refractivity contribution is 6.04. The van der Waals surface area contributed by atoms with Crippen LogP contribution < -0.4 is 0 Å². The van der Waals surface area contributed by atoms with Gasteiger partial charge in [0.1, 0.15) is 0 Å². The first-order chi connectivity index (χ1) is 6.03. The number of ether oxygens (including phenoxy) is 2. The summed E-state index contributed by atoms with van der Waals surface area (Å²) in [5, 5.41) is 0. The largest absolute Gasteiger partial charge is 0.468 e. The van der Waals surface area contributed by atoms with Crippen molar-refractivity contribution in [1.29, 1.82) is 0 Å². The lowest BCUT2D eigenvalue weighted by atomic mass is 10.0. The zero-order chi connectivity index (χ0) is 10.2. The molecule has 1 aliphatic rings. The fourth-order valence-electron chi connectivity index (χ4n) is 1.94. The van der Waals surface area contributed by atoms with Gasteiger partial charge in [-0.05, 0) is 11.8 Å². The molecule has 1 fully saturated rings. The van der Waals surface area contributed by atoms with E-state index in [1.807, 2.05) is 13.8 Å². The van der Waals surface area contributed by atoms with Gasteiger partial charge in [-0.3, -0.25) is 9.59 Å². The van der Waals surface area contributed by atoms with Gasteiger partial charge in [0.15, 0.2) is 5.41 Å². The van der Waals surface area contributed by atoms with Crippen molar-refractivity contribution in [1.82, 2.24) is 0 Å². The van der Waals surface area contributed by atoms with Crippen molar-refractivity contribution in [3.8, 4) is 0 Å². The Hall–Kier alpha value is -1.06. The summed E-state index contributed by atoms with van der Waals surface area (Å²) >= 11 is 0. The molecule has 0 N–H and O–H groups in total. The first kappa shape index (κ1) is 10.0. The van der Waals surface area contributed by atoms with Gasteiger partial charge < -0.3 is 9.47 Å². The maximum absolute atomic E-state index is 11.4. The molecule has 1 rings (SSSR count). The normalized spacial score (nSPS) is 29.2. The van der Waals surface area contributed by atoms with Crippen LogP contribution in [0.4, 0.5) is 0 Å². The monoisotopic (exact) mass is 186 g/mol. The highest BCUT2D eigenvalue weighted by Crippen LogP contribution is 2.59. The van der Waals surface area contributed by atoms with E-state index in [1.54, 1.807) is 0 Å². The quantitative estimate of drug-likeness (QED) is 0.468. The average molecular weight is 186 g/mol. The summed E-state index contributed by atoms with van der Waals surface area (Å²) in [5.41, 5.74) is -1.04. The second-order valence-corrected chi connectivity index (χ2v) is 3.43. The number of hydrogen-bond acceptors (Lipinski definition) is 4. The zero-order valence-corrected chi connectivity index (χ0v) is 8.29. The molecule has 0 aromatic rings. The lowest BCUT2D eigenvalue weighted by Gasteiger charge is -2.11. The fourth-order valence-corrected chi connectivity index (χ4v) is 1.94. The molecule has 0 unspecified atom stereocenters. The fraction of sp³-hybridized carbons (Fsp3) is 0.778. The van der Waals surface area contributed by atoms with Crippen molar-refractivity contribution >= 4 is 11.9 Å². The minimum Gasteiger partial charge on any atom is -0.468 e. The molecule has 74 valence electrons. The SMILES string of the molecule is COC(=O)C1(C(=O)OC)[C@H](C)[C@@H]1C. The van der Waals surface area contributed by atoms with Crippen LogP contribution in [0.5, 0.6) is 0 Å². The Morgan fingerprint density at radius 1 is 1.00 bits per heavy atom. The highest BCUT2D eigenvalue weighted by Gasteiger charge is 2.72. The molecule has 0 amide bonds. The number of methoxy groups -OCH3 is 2. The number of esters is 2. The number of hydrogen-bond donors (Lipinski definition) is 0. The smallest absolute Gasteiger partial charge is 0.323 e. The second-order valence-electron chi connectivity index (χ2n) is 3.43. The molecule has 0 aliphatic heterocycles. The molecule has 0 aromatic heterocycles. The highest BCUT2D eigenvalue weighted by atomic mass is 16.5. The van der Waals surface area contributed by atoms with Crippen LogP contribution in [0.25, 0.3) is 0 Å². The maximum atomic E-state index is 11.4. The Morgan fingerprint density at radius 2 is 1.31 bits per heavy atom. The molecule has 13 heavy (non-hydrogen) atoms. The summed E-state index contributed by atoms with van der Waals surface area (Å²) in [6.07, 6.45) is 0. The second kappa shape index (κ2) is 3.01. The first-order valence-corrected chi connectivity index (χ1v) is 4.20. The number of rotatable bonds is 2. The lowest BCUT2D eigenvalue weighted by molar-refractivity contribution is -0.162. The first-order valence-electron chi connectivity index (χ1n) is 4.20. The van der Waals surface area contributed by atoms with Crippen molar-refractivity contribution in [2.24, 2.45) is 17.3 Å².